The van der Waals surface area contributed by atoms with Crippen LogP contribution in [0.25, 0.3) is 10.9 Å². The first kappa shape index (κ1) is 16.1. The molecule has 0 saturated heterocycles. The Bertz CT molecular complexity index is 814. The molecule has 7 heteroatoms. The largest absolute Gasteiger partial charge is 0.467 e. The summed E-state index contributed by atoms with van der Waals surface area (Å²) in [6.45, 7) is 0.448. The number of furan rings is 1. The normalized spacial score (nSPS) is 12.2. The van der Waals surface area contributed by atoms with E-state index in [4.69, 9.17) is 4.42 Å². The second-order valence-corrected chi connectivity index (χ2v) is 5.42. The highest BCUT2D eigenvalue weighted by atomic mass is 19.1. The Kier molecular flexibility index (Phi) is 4.81. The van der Waals surface area contributed by atoms with Gasteiger partial charge in [-0.3, -0.25) is 0 Å². The van der Waals surface area contributed by atoms with Gasteiger partial charge in [-0.1, -0.05) is 0 Å². The fourth-order valence-corrected chi connectivity index (χ4v) is 2.50. The van der Waals surface area contributed by atoms with E-state index in [0.717, 1.165) is 16.5 Å². The number of amides is 2. The molecular weight excluding hydrogens is 313 g/mol. The quantitative estimate of drug-likeness (QED) is 0.559. The van der Waals surface area contributed by atoms with Gasteiger partial charge in [-0.05, 0) is 42.3 Å². The Morgan fingerprint density at radius 3 is 3.00 bits per heavy atom. The lowest BCUT2D eigenvalue weighted by Gasteiger charge is -2.10. The van der Waals surface area contributed by atoms with Crippen molar-refractivity contribution < 1.29 is 18.7 Å². The smallest absolute Gasteiger partial charge is 0.314 e. The van der Waals surface area contributed by atoms with Gasteiger partial charge in [0.2, 0.25) is 0 Å². The Morgan fingerprint density at radius 1 is 1.33 bits per heavy atom. The van der Waals surface area contributed by atoms with E-state index in [1.807, 2.05) is 6.20 Å². The van der Waals surface area contributed by atoms with Crippen molar-refractivity contribution in [2.45, 2.75) is 12.5 Å². The molecule has 0 aliphatic heterocycles. The van der Waals surface area contributed by atoms with Crippen molar-refractivity contribution in [1.29, 1.82) is 0 Å². The van der Waals surface area contributed by atoms with Gasteiger partial charge in [-0.25, -0.2) is 9.18 Å². The number of H-pyrrole nitrogens is 1. The van der Waals surface area contributed by atoms with Gasteiger partial charge in [0.1, 0.15) is 17.7 Å². The van der Waals surface area contributed by atoms with Crippen LogP contribution in [-0.2, 0) is 6.42 Å². The maximum absolute atomic E-state index is 13.3. The third kappa shape index (κ3) is 3.75. The fourth-order valence-electron chi connectivity index (χ4n) is 2.50. The number of rotatable bonds is 6. The minimum absolute atomic E-state index is 0.0532. The Labute approximate surface area is 137 Å². The van der Waals surface area contributed by atoms with Crippen LogP contribution in [0.2, 0.25) is 0 Å². The number of nitrogens with one attached hydrogen (secondary N) is 3. The van der Waals surface area contributed by atoms with E-state index in [2.05, 4.69) is 15.6 Å². The van der Waals surface area contributed by atoms with Crippen molar-refractivity contribution in [2.24, 2.45) is 0 Å². The number of hydrogen-bond donors (Lipinski definition) is 4. The minimum Gasteiger partial charge on any atom is -0.467 e. The van der Waals surface area contributed by atoms with E-state index in [9.17, 15) is 14.3 Å². The number of aromatic amines is 1. The molecule has 1 unspecified atom stereocenters. The highest BCUT2D eigenvalue weighted by Gasteiger charge is 2.11. The van der Waals surface area contributed by atoms with E-state index in [1.54, 1.807) is 18.2 Å². The van der Waals surface area contributed by atoms with Crippen LogP contribution in [0.5, 0.6) is 0 Å². The fraction of sp³-hybridized carbons (Fsp3) is 0.235. The van der Waals surface area contributed by atoms with Crippen LogP contribution >= 0.6 is 0 Å². The molecule has 0 spiro atoms. The van der Waals surface area contributed by atoms with E-state index in [-0.39, 0.29) is 18.4 Å². The predicted molar refractivity (Wildman–Crippen MR) is 87.0 cm³/mol. The molecule has 0 aliphatic carbocycles. The van der Waals surface area contributed by atoms with Crippen LogP contribution < -0.4 is 10.6 Å². The Morgan fingerprint density at radius 2 is 2.21 bits per heavy atom. The average molecular weight is 331 g/mol. The molecule has 3 aromatic rings. The Hall–Kier alpha value is -2.80. The number of halogens is 1. The Balaban J connectivity index is 1.45. The summed E-state index contributed by atoms with van der Waals surface area (Å²) in [6, 6.07) is 7.49. The van der Waals surface area contributed by atoms with Gasteiger partial charge in [0.15, 0.2) is 0 Å². The topological polar surface area (TPSA) is 90.3 Å². The van der Waals surface area contributed by atoms with Crippen LogP contribution in [0.1, 0.15) is 17.4 Å². The first-order chi connectivity index (χ1) is 11.6. The van der Waals surface area contributed by atoms with Crippen molar-refractivity contribution in [3.63, 3.8) is 0 Å². The number of benzene rings is 1. The molecule has 0 aliphatic rings. The van der Waals surface area contributed by atoms with Crippen LogP contribution in [0.3, 0.4) is 0 Å². The lowest BCUT2D eigenvalue weighted by Crippen LogP contribution is -2.38. The number of hydrogen-bond acceptors (Lipinski definition) is 3. The molecular formula is C17H18FN3O3. The number of carbonyl (C=O) groups excluding carboxylic acids is 1. The number of aliphatic hydroxyl groups excluding tert-OH is 1. The molecule has 0 fully saturated rings. The average Bonchev–Trinajstić information content (AvgIpc) is 3.23. The molecule has 24 heavy (non-hydrogen) atoms. The summed E-state index contributed by atoms with van der Waals surface area (Å²) in [5.41, 5.74) is 1.79. The molecule has 4 N–H and O–H groups in total. The lowest BCUT2D eigenvalue weighted by atomic mass is 10.1. The third-order valence-corrected chi connectivity index (χ3v) is 3.74. The molecule has 1 aromatic carbocycles. The van der Waals surface area contributed by atoms with Gasteiger partial charge < -0.3 is 25.1 Å². The lowest BCUT2D eigenvalue weighted by molar-refractivity contribution is 0.148. The van der Waals surface area contributed by atoms with Gasteiger partial charge >= 0.3 is 6.03 Å². The number of aliphatic hydroxyl groups is 1. The molecule has 0 saturated carbocycles. The molecule has 126 valence electrons. The van der Waals surface area contributed by atoms with Crippen molar-refractivity contribution in [2.75, 3.05) is 13.1 Å². The van der Waals surface area contributed by atoms with Gasteiger partial charge in [0.25, 0.3) is 0 Å². The number of urea groups is 1. The molecule has 2 heterocycles. The maximum atomic E-state index is 13.3. The monoisotopic (exact) mass is 331 g/mol. The zero-order chi connectivity index (χ0) is 16.9. The second kappa shape index (κ2) is 7.18. The number of fused-ring (bicyclic) bond motifs is 1. The molecule has 2 aromatic heterocycles. The van der Waals surface area contributed by atoms with Crippen molar-refractivity contribution in [1.82, 2.24) is 15.6 Å². The molecule has 0 bridgehead atoms. The van der Waals surface area contributed by atoms with Crippen molar-refractivity contribution in [3.8, 4) is 0 Å². The predicted octanol–water partition coefficient (Wildman–Crippen LogP) is 2.48. The van der Waals surface area contributed by atoms with Gasteiger partial charge in [-0.15, -0.1) is 0 Å². The zero-order valence-corrected chi connectivity index (χ0v) is 12.9. The first-order valence-corrected chi connectivity index (χ1v) is 7.62. The van der Waals surface area contributed by atoms with E-state index >= 15 is 0 Å². The van der Waals surface area contributed by atoms with Crippen molar-refractivity contribution >= 4 is 16.9 Å². The molecule has 2 amide bonds. The number of carbonyl (C=O) groups is 1. The highest BCUT2D eigenvalue weighted by Crippen LogP contribution is 2.19. The first-order valence-electron chi connectivity index (χ1n) is 7.62. The molecule has 3 rings (SSSR count). The van der Waals surface area contributed by atoms with Gasteiger partial charge in [-0.2, -0.15) is 0 Å². The molecule has 1 atom stereocenters. The SMILES string of the molecule is O=C(NCCc1c[nH]c2ccc(F)cc12)NCC(O)c1ccco1. The van der Waals surface area contributed by atoms with E-state index in [0.29, 0.717) is 18.7 Å². The van der Waals surface area contributed by atoms with Crippen LogP contribution in [0, 0.1) is 5.82 Å². The van der Waals surface area contributed by atoms with Crippen LogP contribution in [0.15, 0.2) is 47.2 Å². The summed E-state index contributed by atoms with van der Waals surface area (Å²) >= 11 is 0. The zero-order valence-electron chi connectivity index (χ0n) is 12.9. The van der Waals surface area contributed by atoms with Crippen LogP contribution in [-0.4, -0.2) is 29.2 Å². The third-order valence-electron chi connectivity index (χ3n) is 3.74. The van der Waals surface area contributed by atoms with Gasteiger partial charge in [0, 0.05) is 23.6 Å². The standard InChI is InChI=1S/C17H18FN3O3/c18-12-3-4-14-13(8-12)11(9-20-14)5-6-19-17(23)21-10-15(22)16-2-1-7-24-16/h1-4,7-9,15,20,22H,5-6,10H2,(H2,19,21,23). The summed E-state index contributed by atoms with van der Waals surface area (Å²) < 4.78 is 18.4. The summed E-state index contributed by atoms with van der Waals surface area (Å²) in [6.07, 6.45) is 2.95. The molecule has 6 nitrogen and oxygen atoms in total. The van der Waals surface area contributed by atoms with Crippen LogP contribution in [0.4, 0.5) is 9.18 Å². The summed E-state index contributed by atoms with van der Waals surface area (Å²) in [4.78, 5) is 14.8. The van der Waals surface area contributed by atoms with Crippen molar-refractivity contribution in [3.05, 3.63) is 59.9 Å². The van der Waals surface area contributed by atoms with E-state index < -0.39 is 6.10 Å². The molecule has 0 radical (unpaired) electrons. The van der Waals surface area contributed by atoms with Gasteiger partial charge in [0.05, 0.1) is 12.8 Å². The minimum atomic E-state index is -0.887. The van der Waals surface area contributed by atoms with E-state index in [1.165, 1.54) is 18.4 Å². The number of aromatic nitrogens is 1. The summed E-state index contributed by atoms with van der Waals surface area (Å²) in [7, 11) is 0. The maximum Gasteiger partial charge on any atom is 0.314 e. The summed E-state index contributed by atoms with van der Waals surface area (Å²) in [5.74, 6) is 0.108. The summed E-state index contributed by atoms with van der Waals surface area (Å²) in [5, 5.41) is 15.9. The second-order valence-electron chi connectivity index (χ2n) is 5.42. The highest BCUT2D eigenvalue weighted by molar-refractivity contribution is 5.83.